The topological polar surface area (TPSA) is 74.6 Å². The summed E-state index contributed by atoms with van der Waals surface area (Å²) in [5.74, 6) is -0.434. The Morgan fingerprint density at radius 3 is 2.44 bits per heavy atom. The zero-order chi connectivity index (χ0) is 23.3. The van der Waals surface area contributed by atoms with Crippen molar-refractivity contribution >= 4 is 39.5 Å². The van der Waals surface area contributed by atoms with Gasteiger partial charge in [-0.2, -0.15) is 0 Å². The number of Topliss-reactive ketones (excluding diaryl/α,β-unsaturated/α-hetero) is 1. The second-order valence-electron chi connectivity index (χ2n) is 7.53. The van der Waals surface area contributed by atoms with Gasteiger partial charge in [-0.3, -0.25) is 14.4 Å². The van der Waals surface area contributed by atoms with Crippen LogP contribution in [0.3, 0.4) is 0 Å². The lowest BCUT2D eigenvalue weighted by molar-refractivity contribution is -0.143. The molecule has 0 radical (unpaired) electrons. The van der Waals surface area contributed by atoms with Crippen molar-refractivity contribution in [1.82, 2.24) is 4.57 Å². The number of halogens is 1. The zero-order valence-electron chi connectivity index (χ0n) is 18.4. The third-order valence-electron chi connectivity index (χ3n) is 5.27. The maximum Gasteiger partial charge on any atom is 0.305 e. The minimum Gasteiger partial charge on any atom is -0.494 e. The van der Waals surface area contributed by atoms with Gasteiger partial charge in [-0.05, 0) is 62.1 Å². The Hall–Kier alpha value is -3.12. The molecule has 0 amide bonds. The molecule has 0 aliphatic heterocycles. The van der Waals surface area contributed by atoms with E-state index in [2.05, 4.69) is 0 Å². The number of hydrogen-bond donors (Lipinski definition) is 0. The van der Waals surface area contributed by atoms with Crippen molar-refractivity contribution in [3.8, 4) is 5.75 Å². The van der Waals surface area contributed by atoms with Crippen LogP contribution in [0, 0.1) is 13.8 Å². The van der Waals surface area contributed by atoms with Crippen molar-refractivity contribution < 1.29 is 23.9 Å². The third-order valence-corrected chi connectivity index (χ3v) is 5.44. The van der Waals surface area contributed by atoms with Crippen LogP contribution in [0.2, 0.25) is 0 Å². The summed E-state index contributed by atoms with van der Waals surface area (Å²) >= 11 is 5.57. The first-order valence-corrected chi connectivity index (χ1v) is 10.9. The van der Waals surface area contributed by atoms with Crippen LogP contribution in [0.5, 0.6) is 5.75 Å². The SMILES string of the molecule is CCOC(=O)CCCOc1cc(C)c2c(c1)c(C(=O)C(=O)Cl)c(C)n2Cc1ccccc1. The van der Waals surface area contributed by atoms with E-state index in [1.165, 1.54) is 0 Å². The van der Waals surface area contributed by atoms with E-state index in [4.69, 9.17) is 21.1 Å². The number of ether oxygens (including phenoxy) is 2. The second kappa shape index (κ2) is 10.5. The molecule has 0 aliphatic carbocycles. The van der Waals surface area contributed by atoms with E-state index in [-0.39, 0.29) is 18.0 Å². The number of esters is 1. The molecular weight excluding hydrogens is 430 g/mol. The summed E-state index contributed by atoms with van der Waals surface area (Å²) in [4.78, 5) is 35.9. The summed E-state index contributed by atoms with van der Waals surface area (Å²) in [6, 6.07) is 13.5. The standard InChI is InChI=1S/C25H26ClNO5/c1-4-31-21(28)11-8-12-32-19-13-16(2)23-20(14-19)22(24(29)25(26)30)17(3)27(23)15-18-9-6-5-7-10-18/h5-7,9-10,13-14H,4,8,11-12,15H2,1-3H3. The Morgan fingerprint density at radius 1 is 1.06 bits per heavy atom. The van der Waals surface area contributed by atoms with E-state index >= 15 is 0 Å². The van der Waals surface area contributed by atoms with Crippen molar-refractivity contribution in [2.45, 2.75) is 40.2 Å². The van der Waals surface area contributed by atoms with Crippen LogP contribution >= 0.6 is 11.6 Å². The van der Waals surface area contributed by atoms with Gasteiger partial charge in [-0.1, -0.05) is 30.3 Å². The number of rotatable bonds is 10. The molecule has 7 heteroatoms. The fourth-order valence-electron chi connectivity index (χ4n) is 3.86. The molecule has 0 aliphatic rings. The van der Waals surface area contributed by atoms with E-state index in [9.17, 15) is 14.4 Å². The highest BCUT2D eigenvalue weighted by Gasteiger charge is 2.25. The fourth-order valence-corrected chi connectivity index (χ4v) is 3.96. The highest BCUT2D eigenvalue weighted by molar-refractivity contribution is 6.83. The van der Waals surface area contributed by atoms with Crippen molar-refractivity contribution in [3.63, 3.8) is 0 Å². The molecule has 168 valence electrons. The number of ketones is 1. The van der Waals surface area contributed by atoms with Gasteiger partial charge < -0.3 is 14.0 Å². The van der Waals surface area contributed by atoms with Crippen LogP contribution in [0.15, 0.2) is 42.5 Å². The van der Waals surface area contributed by atoms with Gasteiger partial charge in [0, 0.05) is 24.0 Å². The monoisotopic (exact) mass is 455 g/mol. The predicted molar refractivity (Wildman–Crippen MR) is 124 cm³/mol. The number of carbonyl (C=O) groups is 3. The summed E-state index contributed by atoms with van der Waals surface area (Å²) in [6.45, 7) is 6.74. The molecular formula is C25H26ClNO5. The molecule has 0 atom stereocenters. The van der Waals surface area contributed by atoms with Gasteiger partial charge in [0.15, 0.2) is 0 Å². The van der Waals surface area contributed by atoms with Crippen LogP contribution in [-0.2, 0) is 20.9 Å². The number of benzene rings is 2. The van der Waals surface area contributed by atoms with E-state index in [1.807, 2.05) is 54.8 Å². The van der Waals surface area contributed by atoms with Gasteiger partial charge in [0.25, 0.3) is 5.24 Å². The van der Waals surface area contributed by atoms with Gasteiger partial charge in [0.2, 0.25) is 5.78 Å². The molecule has 0 unspecified atom stereocenters. The molecule has 32 heavy (non-hydrogen) atoms. The van der Waals surface area contributed by atoms with E-state index < -0.39 is 11.0 Å². The Morgan fingerprint density at radius 2 is 1.78 bits per heavy atom. The van der Waals surface area contributed by atoms with Crippen LogP contribution in [0.25, 0.3) is 10.9 Å². The molecule has 6 nitrogen and oxygen atoms in total. The number of aromatic nitrogens is 1. The summed E-state index contributed by atoms with van der Waals surface area (Å²) in [5.41, 5.74) is 3.79. The predicted octanol–water partition coefficient (Wildman–Crippen LogP) is 4.98. The number of hydrogen-bond acceptors (Lipinski definition) is 5. The van der Waals surface area contributed by atoms with Gasteiger partial charge in [-0.25, -0.2) is 0 Å². The van der Waals surface area contributed by atoms with Gasteiger partial charge in [0.05, 0.1) is 24.3 Å². The van der Waals surface area contributed by atoms with Crippen LogP contribution in [0.4, 0.5) is 0 Å². The molecule has 0 saturated heterocycles. The van der Waals surface area contributed by atoms with Crippen molar-refractivity contribution in [2.75, 3.05) is 13.2 Å². The highest BCUT2D eigenvalue weighted by atomic mass is 35.5. The van der Waals surface area contributed by atoms with Crippen LogP contribution in [0.1, 0.15) is 46.9 Å². The Kier molecular flexibility index (Phi) is 7.70. The van der Waals surface area contributed by atoms with E-state index in [0.717, 1.165) is 16.6 Å². The average molecular weight is 456 g/mol. The molecule has 2 aromatic carbocycles. The summed E-state index contributed by atoms with van der Waals surface area (Å²) in [5, 5.41) is -0.400. The number of carbonyl (C=O) groups excluding carboxylic acids is 3. The van der Waals surface area contributed by atoms with Gasteiger partial charge >= 0.3 is 5.97 Å². The summed E-state index contributed by atoms with van der Waals surface area (Å²) in [7, 11) is 0. The highest BCUT2D eigenvalue weighted by Crippen LogP contribution is 2.33. The first kappa shape index (κ1) is 23.5. The number of fused-ring (bicyclic) bond motifs is 1. The van der Waals surface area contributed by atoms with Gasteiger partial charge in [0.1, 0.15) is 5.75 Å². The van der Waals surface area contributed by atoms with Crippen molar-refractivity contribution in [2.24, 2.45) is 0 Å². The third kappa shape index (κ3) is 5.19. The van der Waals surface area contributed by atoms with Crippen LogP contribution in [-0.4, -0.2) is 34.8 Å². The molecule has 0 bridgehead atoms. The zero-order valence-corrected chi connectivity index (χ0v) is 19.2. The van der Waals surface area contributed by atoms with E-state index in [1.54, 1.807) is 13.0 Å². The average Bonchev–Trinajstić information content (AvgIpc) is 3.03. The largest absolute Gasteiger partial charge is 0.494 e. The minimum atomic E-state index is -1.02. The Balaban J connectivity index is 1.97. The molecule has 0 N–H and O–H groups in total. The lowest BCUT2D eigenvalue weighted by Crippen LogP contribution is -2.10. The maximum atomic E-state index is 12.7. The smallest absolute Gasteiger partial charge is 0.305 e. The number of nitrogens with zero attached hydrogens (tertiary/aromatic N) is 1. The maximum absolute atomic E-state index is 12.7. The first-order valence-electron chi connectivity index (χ1n) is 10.5. The molecule has 1 aromatic heterocycles. The second-order valence-corrected chi connectivity index (χ2v) is 7.87. The minimum absolute atomic E-state index is 0.259. The van der Waals surface area contributed by atoms with Gasteiger partial charge in [-0.15, -0.1) is 0 Å². The van der Waals surface area contributed by atoms with Crippen molar-refractivity contribution in [1.29, 1.82) is 0 Å². The molecule has 1 heterocycles. The fraction of sp³-hybridized carbons (Fsp3) is 0.320. The molecule has 0 saturated carbocycles. The quantitative estimate of drug-likeness (QED) is 0.142. The molecule has 3 aromatic rings. The molecule has 0 fully saturated rings. The van der Waals surface area contributed by atoms with Crippen molar-refractivity contribution in [3.05, 3.63) is 64.8 Å². The number of aryl methyl sites for hydroxylation is 1. The first-order chi connectivity index (χ1) is 15.3. The normalized spacial score (nSPS) is 10.9. The summed E-state index contributed by atoms with van der Waals surface area (Å²) in [6.07, 6.45) is 0.780. The molecule has 0 spiro atoms. The Labute approximate surface area is 192 Å². The molecule has 3 rings (SSSR count). The Bertz CT molecular complexity index is 1150. The van der Waals surface area contributed by atoms with E-state index in [0.29, 0.717) is 43.0 Å². The van der Waals surface area contributed by atoms with Crippen LogP contribution < -0.4 is 4.74 Å². The lowest BCUT2D eigenvalue weighted by atomic mass is 10.0. The lowest BCUT2D eigenvalue weighted by Gasteiger charge is -2.12. The summed E-state index contributed by atoms with van der Waals surface area (Å²) < 4.78 is 12.8.